The molecule has 3 N–H and O–H groups in total. The molecule has 82 valence electrons. The molecule has 4 nitrogen and oxygen atoms in total. The Morgan fingerprint density at radius 2 is 1.81 bits per heavy atom. The Kier molecular flexibility index (Phi) is 2.57. The third kappa shape index (κ3) is 1.87. The van der Waals surface area contributed by atoms with Crippen molar-refractivity contribution in [2.45, 2.75) is 0 Å². The molecule has 0 spiro atoms. The van der Waals surface area contributed by atoms with Crippen LogP contribution >= 0.6 is 12.2 Å². The summed E-state index contributed by atoms with van der Waals surface area (Å²) in [6.07, 6.45) is 0. The predicted molar refractivity (Wildman–Crippen MR) is 59.3 cm³/mol. The fourth-order valence-corrected chi connectivity index (χ4v) is 1.55. The fourth-order valence-electron chi connectivity index (χ4n) is 1.36. The minimum absolute atomic E-state index is 0.0355. The lowest BCUT2D eigenvalue weighted by atomic mass is 10.1. The first-order valence-electron chi connectivity index (χ1n) is 4.39. The highest BCUT2D eigenvalue weighted by molar-refractivity contribution is 7.71. The van der Waals surface area contributed by atoms with Gasteiger partial charge in [0, 0.05) is 0 Å². The van der Waals surface area contributed by atoms with Gasteiger partial charge in [-0.1, -0.05) is 12.1 Å². The number of nitrogens with one attached hydrogen (secondary N) is 2. The Morgan fingerprint density at radius 3 is 2.38 bits per heavy atom. The van der Waals surface area contributed by atoms with Crippen LogP contribution in [0, 0.1) is 10.6 Å². The summed E-state index contributed by atoms with van der Waals surface area (Å²) in [5.41, 5.74) is -0.0761. The van der Waals surface area contributed by atoms with Crippen LogP contribution in [0.15, 0.2) is 29.1 Å². The van der Waals surface area contributed by atoms with E-state index in [0.717, 1.165) is 0 Å². The highest BCUT2D eigenvalue weighted by Crippen LogP contribution is 2.22. The molecule has 0 fully saturated rings. The maximum absolute atomic E-state index is 12.7. The Morgan fingerprint density at radius 1 is 1.19 bits per heavy atom. The van der Waals surface area contributed by atoms with E-state index in [0.29, 0.717) is 5.56 Å². The van der Waals surface area contributed by atoms with Crippen molar-refractivity contribution in [1.82, 2.24) is 9.97 Å². The van der Waals surface area contributed by atoms with E-state index in [1.807, 2.05) is 0 Å². The van der Waals surface area contributed by atoms with Crippen LogP contribution in [0.5, 0.6) is 5.88 Å². The van der Waals surface area contributed by atoms with Gasteiger partial charge in [0.25, 0.3) is 5.56 Å². The minimum Gasteiger partial charge on any atom is -0.494 e. The molecule has 0 aliphatic rings. The molecule has 0 radical (unpaired) electrons. The number of halogens is 1. The van der Waals surface area contributed by atoms with E-state index in [4.69, 9.17) is 0 Å². The van der Waals surface area contributed by atoms with Gasteiger partial charge in [0.1, 0.15) is 11.4 Å². The van der Waals surface area contributed by atoms with Crippen molar-refractivity contribution in [1.29, 1.82) is 0 Å². The van der Waals surface area contributed by atoms with Crippen LogP contribution in [0.4, 0.5) is 4.39 Å². The SMILES string of the molecule is O=c1[nH]c(=S)[nH]c(O)c1-c1ccc(F)cc1. The van der Waals surface area contributed by atoms with Gasteiger partial charge in [0.15, 0.2) is 4.77 Å². The largest absolute Gasteiger partial charge is 0.494 e. The maximum Gasteiger partial charge on any atom is 0.263 e. The van der Waals surface area contributed by atoms with E-state index >= 15 is 0 Å². The zero-order valence-electron chi connectivity index (χ0n) is 7.95. The molecule has 0 atom stereocenters. The second-order valence-electron chi connectivity index (χ2n) is 3.14. The molecule has 1 heterocycles. The van der Waals surface area contributed by atoms with Crippen LogP contribution in [0.25, 0.3) is 11.1 Å². The molecule has 0 aliphatic carbocycles. The summed E-state index contributed by atoms with van der Waals surface area (Å²) in [6, 6.07) is 5.21. The summed E-state index contributed by atoms with van der Waals surface area (Å²) in [5.74, 6) is -0.746. The van der Waals surface area contributed by atoms with Gasteiger partial charge >= 0.3 is 0 Å². The van der Waals surface area contributed by atoms with Gasteiger partial charge in [-0.3, -0.25) is 9.78 Å². The highest BCUT2D eigenvalue weighted by Gasteiger charge is 2.09. The molecule has 0 unspecified atom stereocenters. The number of aromatic nitrogens is 2. The van der Waals surface area contributed by atoms with E-state index in [1.54, 1.807) is 0 Å². The summed E-state index contributed by atoms with van der Waals surface area (Å²) in [7, 11) is 0. The highest BCUT2D eigenvalue weighted by atomic mass is 32.1. The van der Waals surface area contributed by atoms with Gasteiger partial charge < -0.3 is 10.1 Å². The molecular formula is C10H7FN2O2S. The standard InChI is InChI=1S/C10H7FN2O2S/c11-6-3-1-5(2-4-6)7-8(14)12-10(16)13-9(7)15/h1-4H,(H3,12,13,14,15,16). The molecule has 2 rings (SSSR count). The smallest absolute Gasteiger partial charge is 0.263 e. The summed E-state index contributed by atoms with van der Waals surface area (Å²) < 4.78 is 12.7. The van der Waals surface area contributed by atoms with Crippen LogP contribution in [0.2, 0.25) is 0 Å². The summed E-state index contributed by atoms with van der Waals surface area (Å²) in [6.45, 7) is 0. The molecule has 0 saturated carbocycles. The van der Waals surface area contributed by atoms with E-state index in [1.165, 1.54) is 24.3 Å². The zero-order valence-corrected chi connectivity index (χ0v) is 8.77. The summed E-state index contributed by atoms with van der Waals surface area (Å²) in [4.78, 5) is 16.3. The molecule has 1 aromatic carbocycles. The summed E-state index contributed by atoms with van der Waals surface area (Å²) >= 11 is 4.69. The molecular weight excluding hydrogens is 231 g/mol. The van der Waals surface area contributed by atoms with Crippen LogP contribution in [-0.2, 0) is 0 Å². The molecule has 16 heavy (non-hydrogen) atoms. The van der Waals surface area contributed by atoms with E-state index in [9.17, 15) is 14.3 Å². The quantitative estimate of drug-likeness (QED) is 0.665. The van der Waals surface area contributed by atoms with Crippen molar-refractivity contribution < 1.29 is 9.50 Å². The van der Waals surface area contributed by atoms with Crippen molar-refractivity contribution in [3.05, 3.63) is 45.2 Å². The van der Waals surface area contributed by atoms with Crippen molar-refractivity contribution in [2.75, 3.05) is 0 Å². The van der Waals surface area contributed by atoms with E-state index in [2.05, 4.69) is 22.2 Å². The van der Waals surface area contributed by atoms with Gasteiger partial charge in [0.05, 0.1) is 0 Å². The molecule has 0 saturated heterocycles. The lowest BCUT2D eigenvalue weighted by Gasteiger charge is -2.02. The van der Waals surface area contributed by atoms with Crippen LogP contribution < -0.4 is 5.56 Å². The van der Waals surface area contributed by atoms with Gasteiger partial charge in [-0.15, -0.1) is 0 Å². The van der Waals surface area contributed by atoms with Gasteiger partial charge in [-0.05, 0) is 29.9 Å². The molecule has 0 amide bonds. The van der Waals surface area contributed by atoms with Crippen LogP contribution in [0.1, 0.15) is 0 Å². The van der Waals surface area contributed by atoms with Crippen LogP contribution in [0.3, 0.4) is 0 Å². The number of hydrogen-bond acceptors (Lipinski definition) is 3. The van der Waals surface area contributed by atoms with Gasteiger partial charge in [-0.25, -0.2) is 4.39 Å². The Hall–Kier alpha value is -1.95. The third-order valence-electron chi connectivity index (χ3n) is 2.06. The third-order valence-corrected chi connectivity index (χ3v) is 2.26. The van der Waals surface area contributed by atoms with E-state index in [-0.39, 0.29) is 16.2 Å². The number of aromatic hydroxyl groups is 1. The normalized spacial score (nSPS) is 10.3. The van der Waals surface area contributed by atoms with Crippen molar-refractivity contribution >= 4 is 12.2 Å². The van der Waals surface area contributed by atoms with Crippen molar-refractivity contribution in [3.63, 3.8) is 0 Å². The first-order valence-corrected chi connectivity index (χ1v) is 4.80. The summed E-state index contributed by atoms with van der Waals surface area (Å²) in [5, 5.41) is 9.56. The predicted octanol–water partition coefficient (Wildman–Crippen LogP) is 1.94. The number of H-pyrrole nitrogens is 2. The second kappa shape index (κ2) is 3.90. The number of aromatic amines is 2. The fraction of sp³-hybridized carbons (Fsp3) is 0. The average molecular weight is 238 g/mol. The molecule has 1 aromatic heterocycles. The number of rotatable bonds is 1. The Labute approximate surface area is 94.4 Å². The molecule has 2 aromatic rings. The second-order valence-corrected chi connectivity index (χ2v) is 3.55. The minimum atomic E-state index is -0.521. The maximum atomic E-state index is 12.7. The van der Waals surface area contributed by atoms with Crippen molar-refractivity contribution in [3.8, 4) is 17.0 Å². The Bertz CT molecular complexity index is 631. The first-order chi connectivity index (χ1) is 7.58. The number of benzene rings is 1. The first kappa shape index (κ1) is 10.6. The topological polar surface area (TPSA) is 68.9 Å². The molecule has 0 bridgehead atoms. The van der Waals surface area contributed by atoms with Gasteiger partial charge in [0.2, 0.25) is 5.88 Å². The molecule has 0 aliphatic heterocycles. The monoisotopic (exact) mass is 238 g/mol. The Balaban J connectivity index is 2.69. The van der Waals surface area contributed by atoms with Crippen LogP contribution in [-0.4, -0.2) is 15.1 Å². The molecule has 6 heteroatoms. The van der Waals surface area contributed by atoms with Crippen molar-refractivity contribution in [2.24, 2.45) is 0 Å². The van der Waals surface area contributed by atoms with Gasteiger partial charge in [-0.2, -0.15) is 0 Å². The zero-order chi connectivity index (χ0) is 11.7. The lowest BCUT2D eigenvalue weighted by molar-refractivity contribution is 0.452. The average Bonchev–Trinajstić information content (AvgIpc) is 2.19. The van der Waals surface area contributed by atoms with E-state index < -0.39 is 11.4 Å². The number of hydrogen-bond donors (Lipinski definition) is 3. The lowest BCUT2D eigenvalue weighted by Crippen LogP contribution is -2.10.